The van der Waals surface area contributed by atoms with Gasteiger partial charge in [-0.15, -0.1) is 0 Å². The van der Waals surface area contributed by atoms with Gasteiger partial charge in [-0.05, 0) is 48.6 Å². The smallest absolute Gasteiger partial charge is 0.130 e. The quantitative estimate of drug-likeness (QED) is 0.812. The molecule has 114 valence electrons. The van der Waals surface area contributed by atoms with Crippen LogP contribution >= 0.6 is 11.6 Å². The van der Waals surface area contributed by atoms with Crippen LogP contribution in [-0.2, 0) is 4.74 Å². The van der Waals surface area contributed by atoms with Crippen LogP contribution in [0.1, 0.15) is 24.3 Å². The standard InChI is InChI=1S/C17H18ClN3O/c18-16-10-14(12-1-2-12)9-15(20-16)13-3-4-17(19-11-13)21-5-7-22-8-6-21/h3-4,9-12H,1-2,5-8H2. The second-order valence-corrected chi connectivity index (χ2v) is 6.27. The molecule has 1 aliphatic heterocycles. The molecule has 5 heteroatoms. The van der Waals surface area contributed by atoms with Gasteiger partial charge in [-0.1, -0.05) is 11.6 Å². The summed E-state index contributed by atoms with van der Waals surface area (Å²) < 4.78 is 5.37. The van der Waals surface area contributed by atoms with E-state index in [4.69, 9.17) is 16.3 Å². The summed E-state index contributed by atoms with van der Waals surface area (Å²) >= 11 is 6.17. The number of hydrogen-bond acceptors (Lipinski definition) is 4. The van der Waals surface area contributed by atoms with Crippen molar-refractivity contribution in [2.75, 3.05) is 31.2 Å². The summed E-state index contributed by atoms with van der Waals surface area (Å²) in [5, 5.41) is 0.566. The molecule has 1 saturated carbocycles. The van der Waals surface area contributed by atoms with Crippen LogP contribution in [0, 0.1) is 0 Å². The van der Waals surface area contributed by atoms with Crippen LogP contribution in [0.3, 0.4) is 0 Å². The monoisotopic (exact) mass is 315 g/mol. The molecule has 0 amide bonds. The van der Waals surface area contributed by atoms with Crippen LogP contribution < -0.4 is 4.90 Å². The summed E-state index contributed by atoms with van der Waals surface area (Å²) in [7, 11) is 0. The third-order valence-electron chi connectivity index (χ3n) is 4.24. The third-order valence-corrected chi connectivity index (χ3v) is 4.44. The Labute approximate surface area is 135 Å². The van der Waals surface area contributed by atoms with Crippen LogP contribution in [0.15, 0.2) is 30.5 Å². The van der Waals surface area contributed by atoms with Crippen molar-refractivity contribution in [2.45, 2.75) is 18.8 Å². The maximum Gasteiger partial charge on any atom is 0.130 e. The number of rotatable bonds is 3. The molecule has 3 heterocycles. The van der Waals surface area contributed by atoms with Crippen molar-refractivity contribution in [1.29, 1.82) is 0 Å². The Kier molecular flexibility index (Phi) is 3.72. The summed E-state index contributed by atoms with van der Waals surface area (Å²) in [5.41, 5.74) is 3.23. The highest BCUT2D eigenvalue weighted by Gasteiger charge is 2.24. The zero-order valence-electron chi connectivity index (χ0n) is 12.3. The second kappa shape index (κ2) is 5.86. The van der Waals surface area contributed by atoms with E-state index in [1.54, 1.807) is 0 Å². The zero-order valence-corrected chi connectivity index (χ0v) is 13.1. The van der Waals surface area contributed by atoms with E-state index in [1.165, 1.54) is 18.4 Å². The number of anilines is 1. The molecule has 2 fully saturated rings. The lowest BCUT2D eigenvalue weighted by Gasteiger charge is -2.27. The molecule has 0 radical (unpaired) electrons. The topological polar surface area (TPSA) is 38.2 Å². The summed E-state index contributed by atoms with van der Waals surface area (Å²) in [6.07, 6.45) is 4.40. The number of nitrogens with zero attached hydrogens (tertiary/aromatic N) is 3. The zero-order chi connectivity index (χ0) is 14.9. The molecule has 4 nitrogen and oxygen atoms in total. The van der Waals surface area contributed by atoms with Gasteiger partial charge in [0.05, 0.1) is 18.9 Å². The molecule has 4 rings (SSSR count). The first-order valence-corrected chi connectivity index (χ1v) is 8.14. The first-order chi connectivity index (χ1) is 10.8. The molecule has 0 spiro atoms. The van der Waals surface area contributed by atoms with E-state index in [2.05, 4.69) is 33.1 Å². The Morgan fingerprint density at radius 1 is 1.14 bits per heavy atom. The molecular formula is C17H18ClN3O. The van der Waals surface area contributed by atoms with E-state index >= 15 is 0 Å². The summed E-state index contributed by atoms with van der Waals surface area (Å²) in [6.45, 7) is 3.33. The molecule has 2 aromatic heterocycles. The lowest BCUT2D eigenvalue weighted by Crippen LogP contribution is -2.36. The minimum Gasteiger partial charge on any atom is -0.378 e. The third kappa shape index (κ3) is 2.94. The highest BCUT2D eigenvalue weighted by Crippen LogP contribution is 2.41. The summed E-state index contributed by atoms with van der Waals surface area (Å²) in [4.78, 5) is 11.3. The van der Waals surface area contributed by atoms with Crippen molar-refractivity contribution < 1.29 is 4.74 Å². The molecule has 1 saturated heterocycles. The number of halogens is 1. The maximum atomic E-state index is 6.17. The Bertz CT molecular complexity index is 664. The molecule has 2 aliphatic rings. The minimum atomic E-state index is 0.566. The predicted molar refractivity (Wildman–Crippen MR) is 87.5 cm³/mol. The fraction of sp³-hybridized carbons (Fsp3) is 0.412. The molecule has 0 atom stereocenters. The van der Waals surface area contributed by atoms with E-state index in [0.29, 0.717) is 11.1 Å². The molecule has 0 unspecified atom stereocenters. The first kappa shape index (κ1) is 14.0. The van der Waals surface area contributed by atoms with E-state index < -0.39 is 0 Å². The van der Waals surface area contributed by atoms with Gasteiger partial charge >= 0.3 is 0 Å². The molecule has 1 aliphatic carbocycles. The molecule has 22 heavy (non-hydrogen) atoms. The number of hydrogen-bond donors (Lipinski definition) is 0. The van der Waals surface area contributed by atoms with Crippen LogP contribution in [-0.4, -0.2) is 36.3 Å². The average Bonchev–Trinajstić information content (AvgIpc) is 3.40. The number of ether oxygens (including phenoxy) is 1. The van der Waals surface area contributed by atoms with E-state index in [1.807, 2.05) is 12.3 Å². The summed E-state index contributed by atoms with van der Waals surface area (Å²) in [6, 6.07) is 8.26. The Morgan fingerprint density at radius 3 is 2.64 bits per heavy atom. The maximum absolute atomic E-state index is 6.17. The van der Waals surface area contributed by atoms with E-state index in [9.17, 15) is 0 Å². The summed E-state index contributed by atoms with van der Waals surface area (Å²) in [5.74, 6) is 1.66. The van der Waals surface area contributed by atoms with Gasteiger partial charge in [0.15, 0.2) is 0 Å². The highest BCUT2D eigenvalue weighted by molar-refractivity contribution is 6.29. The van der Waals surface area contributed by atoms with Crippen molar-refractivity contribution in [1.82, 2.24) is 9.97 Å². The van der Waals surface area contributed by atoms with Crippen molar-refractivity contribution in [3.05, 3.63) is 41.2 Å². The normalized spacial score (nSPS) is 18.5. The van der Waals surface area contributed by atoms with Crippen LogP contribution in [0.4, 0.5) is 5.82 Å². The van der Waals surface area contributed by atoms with Crippen molar-refractivity contribution in [3.63, 3.8) is 0 Å². The second-order valence-electron chi connectivity index (χ2n) is 5.89. The van der Waals surface area contributed by atoms with Crippen LogP contribution in [0.5, 0.6) is 0 Å². The molecule has 0 aromatic carbocycles. The highest BCUT2D eigenvalue weighted by atomic mass is 35.5. The molecular weight excluding hydrogens is 298 g/mol. The lowest BCUT2D eigenvalue weighted by atomic mass is 10.1. The Hall–Kier alpha value is -1.65. The SMILES string of the molecule is Clc1cc(C2CC2)cc(-c2ccc(N3CCOCC3)nc2)n1. The van der Waals surface area contributed by atoms with Gasteiger partial charge in [0.25, 0.3) is 0 Å². The van der Waals surface area contributed by atoms with Gasteiger partial charge in [0.2, 0.25) is 0 Å². The fourth-order valence-corrected chi connectivity index (χ4v) is 3.05. The Balaban J connectivity index is 1.59. The predicted octanol–water partition coefficient (Wildman–Crippen LogP) is 3.51. The van der Waals surface area contributed by atoms with Crippen molar-refractivity contribution in [2.24, 2.45) is 0 Å². The van der Waals surface area contributed by atoms with Gasteiger partial charge in [-0.2, -0.15) is 0 Å². The minimum absolute atomic E-state index is 0.566. The molecule has 2 aromatic rings. The lowest BCUT2D eigenvalue weighted by molar-refractivity contribution is 0.122. The first-order valence-electron chi connectivity index (χ1n) is 7.76. The van der Waals surface area contributed by atoms with Gasteiger partial charge in [-0.3, -0.25) is 0 Å². The van der Waals surface area contributed by atoms with Crippen molar-refractivity contribution in [3.8, 4) is 11.3 Å². The number of pyridine rings is 2. The van der Waals surface area contributed by atoms with E-state index in [0.717, 1.165) is 43.4 Å². The van der Waals surface area contributed by atoms with Gasteiger partial charge in [0.1, 0.15) is 11.0 Å². The van der Waals surface area contributed by atoms with E-state index in [-0.39, 0.29) is 0 Å². The average molecular weight is 316 g/mol. The van der Waals surface area contributed by atoms with Gasteiger partial charge < -0.3 is 9.64 Å². The van der Waals surface area contributed by atoms with Gasteiger partial charge in [0, 0.05) is 24.8 Å². The van der Waals surface area contributed by atoms with Gasteiger partial charge in [-0.25, -0.2) is 9.97 Å². The van der Waals surface area contributed by atoms with Crippen molar-refractivity contribution >= 4 is 17.4 Å². The van der Waals surface area contributed by atoms with Crippen LogP contribution in [0.25, 0.3) is 11.3 Å². The molecule has 0 bridgehead atoms. The molecule has 0 N–H and O–H groups in total. The largest absolute Gasteiger partial charge is 0.378 e. The number of aromatic nitrogens is 2. The number of morpholine rings is 1. The van der Waals surface area contributed by atoms with Crippen LogP contribution in [0.2, 0.25) is 5.15 Å². The fourth-order valence-electron chi connectivity index (χ4n) is 2.83. The Morgan fingerprint density at radius 2 is 1.95 bits per heavy atom.